The molecule has 118 valence electrons. The van der Waals surface area contributed by atoms with Crippen molar-refractivity contribution in [2.24, 2.45) is 5.92 Å². The largest absolute Gasteiger partial charge is 0.437 e. The third-order valence-electron chi connectivity index (χ3n) is 4.14. The van der Waals surface area contributed by atoms with E-state index in [1.54, 1.807) is 6.82 Å². The van der Waals surface area contributed by atoms with Gasteiger partial charge in [0.15, 0.2) is 0 Å². The minimum absolute atomic E-state index is 0.0294. The highest BCUT2D eigenvalue weighted by molar-refractivity contribution is 6.45. The number of rotatable bonds is 4. The van der Waals surface area contributed by atoms with E-state index in [1.165, 1.54) is 16.7 Å². The van der Waals surface area contributed by atoms with Gasteiger partial charge in [-0.3, -0.25) is 4.79 Å². The van der Waals surface area contributed by atoms with Crippen molar-refractivity contribution >= 4 is 24.2 Å². The Hall–Kier alpha value is -1.59. The number of nitrogens with zero attached hydrogens (tertiary/aromatic N) is 1. The van der Waals surface area contributed by atoms with Gasteiger partial charge in [0.05, 0.1) is 0 Å². The molecule has 4 nitrogen and oxygen atoms in total. The molecule has 0 aliphatic carbocycles. The molecule has 1 aromatic carbocycles. The molecule has 1 amide bonds. The van der Waals surface area contributed by atoms with Gasteiger partial charge < -0.3 is 15.2 Å². The van der Waals surface area contributed by atoms with Gasteiger partial charge in [-0.25, -0.2) is 0 Å². The maximum absolute atomic E-state index is 11.8. The number of hydrogen-bond donors (Lipinski definition) is 2. The van der Waals surface area contributed by atoms with Gasteiger partial charge in [0.1, 0.15) is 0 Å². The first-order valence-electron chi connectivity index (χ1n) is 7.91. The molecular weight excluding hydrogens is 275 g/mol. The molecule has 0 spiro atoms. The fraction of sp³-hybridized carbons (Fsp3) is 0.471. The summed E-state index contributed by atoms with van der Waals surface area (Å²) in [7, 11) is -0.407. The van der Waals surface area contributed by atoms with Crippen LogP contribution in [-0.4, -0.2) is 35.9 Å². The fourth-order valence-electron chi connectivity index (χ4n) is 2.60. The average Bonchev–Trinajstić information content (AvgIpc) is 2.49. The zero-order chi connectivity index (χ0) is 16.3. The van der Waals surface area contributed by atoms with Crippen LogP contribution in [0.4, 0.5) is 5.69 Å². The summed E-state index contributed by atoms with van der Waals surface area (Å²) in [5.74, 6) is 0.00552. The van der Waals surface area contributed by atoms with Gasteiger partial charge in [0, 0.05) is 18.2 Å². The van der Waals surface area contributed by atoms with Crippen LogP contribution in [-0.2, 0) is 4.79 Å². The fourth-order valence-corrected chi connectivity index (χ4v) is 2.60. The summed E-state index contributed by atoms with van der Waals surface area (Å²) in [5.41, 5.74) is 4.53. The van der Waals surface area contributed by atoms with Crippen LogP contribution in [0.3, 0.4) is 0 Å². The van der Waals surface area contributed by atoms with E-state index in [0.717, 1.165) is 25.2 Å². The highest BCUT2D eigenvalue weighted by Crippen LogP contribution is 2.28. The van der Waals surface area contributed by atoms with E-state index in [2.05, 4.69) is 24.4 Å². The second-order valence-corrected chi connectivity index (χ2v) is 6.28. The third kappa shape index (κ3) is 3.99. The molecule has 0 radical (unpaired) electrons. The van der Waals surface area contributed by atoms with E-state index in [9.17, 15) is 9.82 Å². The van der Waals surface area contributed by atoms with Crippen LogP contribution < -0.4 is 5.32 Å². The van der Waals surface area contributed by atoms with Crippen molar-refractivity contribution in [1.29, 1.82) is 0 Å². The topological polar surface area (TPSA) is 52.6 Å². The van der Waals surface area contributed by atoms with E-state index in [1.807, 2.05) is 30.8 Å². The van der Waals surface area contributed by atoms with Gasteiger partial charge in [-0.15, -0.1) is 0 Å². The molecule has 0 fully saturated rings. The molecule has 2 N–H and O–H groups in total. The molecule has 5 heteroatoms. The zero-order valence-electron chi connectivity index (χ0n) is 13.9. The predicted octanol–water partition coefficient (Wildman–Crippen LogP) is 2.79. The smallest absolute Gasteiger partial charge is 0.376 e. The third-order valence-corrected chi connectivity index (χ3v) is 4.14. The molecule has 0 saturated carbocycles. The highest BCUT2D eigenvalue weighted by atomic mass is 16.2. The molecule has 1 heterocycles. The summed E-state index contributed by atoms with van der Waals surface area (Å²) in [5, 5.41) is 12.6. The summed E-state index contributed by atoms with van der Waals surface area (Å²) in [6, 6.07) is 6.05. The molecule has 0 aromatic heterocycles. The standard InChI is InChI=1S/C17H25BN2O2/c1-12(2)17(21)19-15-6-5-13(3)16(11-15)14-7-9-20(10-8-14)18(4)22/h5-7,11-12,22H,8-10H2,1-4H3,(H,19,21). The lowest BCUT2D eigenvalue weighted by Gasteiger charge is -2.27. The molecule has 1 aromatic rings. The van der Waals surface area contributed by atoms with Crippen molar-refractivity contribution in [3.05, 3.63) is 35.4 Å². The Bertz CT molecular complexity index is 582. The van der Waals surface area contributed by atoms with Gasteiger partial charge in [-0.2, -0.15) is 0 Å². The van der Waals surface area contributed by atoms with Gasteiger partial charge >= 0.3 is 7.05 Å². The van der Waals surface area contributed by atoms with Crippen LogP contribution in [0.15, 0.2) is 24.3 Å². The SMILES string of the molecule is CB(O)N1CC=C(c2cc(NC(=O)C(C)C)ccc2C)CC1. The van der Waals surface area contributed by atoms with Gasteiger partial charge in [-0.1, -0.05) is 26.0 Å². The van der Waals surface area contributed by atoms with Crippen molar-refractivity contribution in [3.63, 3.8) is 0 Å². The normalized spacial score (nSPS) is 15.6. The van der Waals surface area contributed by atoms with Crippen LogP contribution >= 0.6 is 0 Å². The molecule has 0 unspecified atom stereocenters. The molecule has 0 saturated heterocycles. The first-order chi connectivity index (χ1) is 10.4. The predicted molar refractivity (Wildman–Crippen MR) is 92.7 cm³/mol. The second-order valence-electron chi connectivity index (χ2n) is 6.28. The minimum Gasteiger partial charge on any atom is -0.437 e. The molecule has 2 rings (SSSR count). The Morgan fingerprint density at radius 3 is 2.68 bits per heavy atom. The van der Waals surface area contributed by atoms with Crippen molar-refractivity contribution in [1.82, 2.24) is 4.81 Å². The maximum atomic E-state index is 11.8. The van der Waals surface area contributed by atoms with Crippen LogP contribution in [0.1, 0.15) is 31.4 Å². The van der Waals surface area contributed by atoms with E-state index in [4.69, 9.17) is 0 Å². The van der Waals surface area contributed by atoms with Crippen LogP contribution in [0, 0.1) is 12.8 Å². The highest BCUT2D eigenvalue weighted by Gasteiger charge is 2.20. The van der Waals surface area contributed by atoms with E-state index < -0.39 is 7.05 Å². The Kier molecular flexibility index (Phi) is 5.43. The number of aryl methyl sites for hydroxylation is 1. The van der Waals surface area contributed by atoms with Gasteiger partial charge in [0.2, 0.25) is 5.91 Å². The Morgan fingerprint density at radius 2 is 2.14 bits per heavy atom. The summed E-state index contributed by atoms with van der Waals surface area (Å²) >= 11 is 0. The van der Waals surface area contributed by atoms with Crippen LogP contribution in [0.2, 0.25) is 6.82 Å². The number of carbonyl (C=O) groups excluding carboxylic acids is 1. The van der Waals surface area contributed by atoms with Crippen molar-refractivity contribution in [2.75, 3.05) is 18.4 Å². The van der Waals surface area contributed by atoms with E-state index in [-0.39, 0.29) is 11.8 Å². The van der Waals surface area contributed by atoms with Crippen LogP contribution in [0.25, 0.3) is 5.57 Å². The maximum Gasteiger partial charge on any atom is 0.376 e. The summed E-state index contributed by atoms with van der Waals surface area (Å²) in [4.78, 5) is 13.9. The Labute approximate surface area is 133 Å². The number of anilines is 1. The minimum atomic E-state index is -0.407. The Morgan fingerprint density at radius 1 is 1.41 bits per heavy atom. The number of carbonyl (C=O) groups is 1. The van der Waals surface area contributed by atoms with Crippen LogP contribution in [0.5, 0.6) is 0 Å². The first-order valence-corrected chi connectivity index (χ1v) is 7.91. The lowest BCUT2D eigenvalue weighted by molar-refractivity contribution is -0.118. The number of nitrogens with one attached hydrogen (secondary N) is 1. The van der Waals surface area contributed by atoms with Gasteiger partial charge in [-0.05, 0) is 55.5 Å². The number of amides is 1. The van der Waals surface area contributed by atoms with Gasteiger partial charge in [0.25, 0.3) is 0 Å². The zero-order valence-corrected chi connectivity index (χ0v) is 13.9. The summed E-state index contributed by atoms with van der Waals surface area (Å²) < 4.78 is 0. The average molecular weight is 300 g/mol. The summed E-state index contributed by atoms with van der Waals surface area (Å²) in [6.45, 7) is 9.27. The van der Waals surface area contributed by atoms with Crippen molar-refractivity contribution < 1.29 is 9.82 Å². The molecule has 1 aliphatic rings. The molecule has 22 heavy (non-hydrogen) atoms. The molecular formula is C17H25BN2O2. The summed E-state index contributed by atoms with van der Waals surface area (Å²) in [6.07, 6.45) is 3.08. The number of hydrogen-bond acceptors (Lipinski definition) is 3. The second kappa shape index (κ2) is 7.12. The quantitative estimate of drug-likeness (QED) is 0.841. The number of benzene rings is 1. The Balaban J connectivity index is 2.19. The molecule has 0 bridgehead atoms. The lowest BCUT2D eigenvalue weighted by atomic mass is 9.82. The van der Waals surface area contributed by atoms with Crippen molar-refractivity contribution in [3.8, 4) is 0 Å². The molecule has 0 atom stereocenters. The van der Waals surface area contributed by atoms with Crippen molar-refractivity contribution in [2.45, 2.75) is 34.0 Å². The van der Waals surface area contributed by atoms with E-state index >= 15 is 0 Å². The van der Waals surface area contributed by atoms with E-state index in [0.29, 0.717) is 0 Å². The monoisotopic (exact) mass is 300 g/mol. The lowest BCUT2D eigenvalue weighted by Crippen LogP contribution is -2.39. The first kappa shape index (κ1) is 16.8. The molecule has 1 aliphatic heterocycles.